The van der Waals surface area contributed by atoms with Crippen LogP contribution in [0.1, 0.15) is 11.1 Å². The number of para-hydroxylation sites is 1. The Balaban J connectivity index is 2.26. The predicted octanol–water partition coefficient (Wildman–Crippen LogP) is 3.69. The van der Waals surface area contributed by atoms with Crippen LogP contribution in [0.4, 0.5) is 11.4 Å². The zero-order chi connectivity index (χ0) is 15.6. The molecule has 3 N–H and O–H groups in total. The van der Waals surface area contributed by atoms with Crippen LogP contribution in [-0.2, 0) is 6.54 Å². The summed E-state index contributed by atoms with van der Waals surface area (Å²) >= 11 is 3.34. The fraction of sp³-hybridized carbons (Fsp3) is 0.143. The predicted molar refractivity (Wildman–Crippen MR) is 82.6 cm³/mol. The number of nitro groups is 1. The summed E-state index contributed by atoms with van der Waals surface area (Å²) in [6.07, 6.45) is 0. The minimum absolute atomic E-state index is 0.0147. The molecule has 0 unspecified atom stereocenters. The number of halogens is 1. The lowest BCUT2D eigenvalue weighted by molar-refractivity contribution is -0.385. The Hall–Kier alpha value is -2.28. The van der Waals surface area contributed by atoms with Gasteiger partial charge < -0.3 is 15.5 Å². The van der Waals surface area contributed by atoms with Gasteiger partial charge in [-0.05, 0) is 35.0 Å². The van der Waals surface area contributed by atoms with Crippen molar-refractivity contribution in [1.29, 1.82) is 0 Å². The number of rotatable bonds is 4. The molecule has 0 heterocycles. The molecular weight excluding hydrogens is 340 g/mol. The number of nitrogens with one attached hydrogen (secondary N) is 1. The fourth-order valence-corrected chi connectivity index (χ4v) is 2.50. The number of nitrogens with zero attached hydrogens (tertiary/aromatic N) is 1. The van der Waals surface area contributed by atoms with Crippen molar-refractivity contribution in [2.45, 2.75) is 13.5 Å². The minimum atomic E-state index is -0.446. The number of benzene rings is 2. The molecule has 2 aromatic carbocycles. The normalized spacial score (nSPS) is 10.4. The number of hydrogen-bond acceptors (Lipinski definition) is 5. The van der Waals surface area contributed by atoms with Gasteiger partial charge in [-0.15, -0.1) is 0 Å². The average molecular weight is 353 g/mol. The van der Waals surface area contributed by atoms with Crippen molar-refractivity contribution in [3.05, 3.63) is 56.0 Å². The maximum absolute atomic E-state index is 10.9. The third-order valence-electron chi connectivity index (χ3n) is 3.05. The van der Waals surface area contributed by atoms with E-state index in [0.717, 1.165) is 0 Å². The smallest absolute Gasteiger partial charge is 0.274 e. The number of aryl methyl sites for hydroxylation is 1. The van der Waals surface area contributed by atoms with Crippen LogP contribution in [0.25, 0.3) is 0 Å². The van der Waals surface area contributed by atoms with Gasteiger partial charge in [0, 0.05) is 28.2 Å². The quantitative estimate of drug-likeness (QED) is 0.443. The van der Waals surface area contributed by atoms with Gasteiger partial charge in [0.25, 0.3) is 5.69 Å². The number of nitro benzene ring substituents is 1. The number of phenols is 2. The fourth-order valence-electron chi connectivity index (χ4n) is 1.90. The molecule has 0 atom stereocenters. The summed E-state index contributed by atoms with van der Waals surface area (Å²) in [7, 11) is 0. The monoisotopic (exact) mass is 352 g/mol. The standard InChI is InChI=1S/C14H13BrN2O4/c1-8-5-10(15)11(6-12(8)17(20)21)16-7-9-3-2-4-13(18)14(9)19/h2-6,16,18-19H,7H2,1H3. The first-order valence-corrected chi connectivity index (χ1v) is 6.87. The first-order chi connectivity index (χ1) is 9.90. The Morgan fingerprint density at radius 2 is 2.05 bits per heavy atom. The molecule has 2 rings (SSSR count). The van der Waals surface area contributed by atoms with E-state index in [9.17, 15) is 20.3 Å². The van der Waals surface area contributed by atoms with E-state index >= 15 is 0 Å². The lowest BCUT2D eigenvalue weighted by atomic mass is 10.1. The molecule has 0 aliphatic carbocycles. The summed E-state index contributed by atoms with van der Waals surface area (Å²) in [5, 5.41) is 33.1. The highest BCUT2D eigenvalue weighted by Gasteiger charge is 2.14. The van der Waals surface area contributed by atoms with Crippen LogP contribution in [0.5, 0.6) is 11.5 Å². The van der Waals surface area contributed by atoms with Crippen molar-refractivity contribution in [3.63, 3.8) is 0 Å². The molecule has 6 nitrogen and oxygen atoms in total. The van der Waals surface area contributed by atoms with Crippen LogP contribution in [-0.4, -0.2) is 15.1 Å². The molecule has 2 aromatic rings. The van der Waals surface area contributed by atoms with Crippen molar-refractivity contribution in [2.75, 3.05) is 5.32 Å². The van der Waals surface area contributed by atoms with Crippen molar-refractivity contribution in [3.8, 4) is 11.5 Å². The number of hydrogen-bond donors (Lipinski definition) is 3. The lowest BCUT2D eigenvalue weighted by Gasteiger charge is -2.11. The van der Waals surface area contributed by atoms with Crippen LogP contribution < -0.4 is 5.32 Å². The number of anilines is 1. The molecule has 0 saturated heterocycles. The molecule has 0 fully saturated rings. The van der Waals surface area contributed by atoms with Crippen LogP contribution in [0.15, 0.2) is 34.8 Å². The van der Waals surface area contributed by atoms with Crippen molar-refractivity contribution < 1.29 is 15.1 Å². The average Bonchev–Trinajstić information content (AvgIpc) is 2.41. The van der Waals surface area contributed by atoms with E-state index in [1.165, 1.54) is 12.1 Å². The molecule has 0 aliphatic rings. The highest BCUT2D eigenvalue weighted by Crippen LogP contribution is 2.33. The van der Waals surface area contributed by atoms with E-state index < -0.39 is 4.92 Å². The molecule has 0 spiro atoms. The van der Waals surface area contributed by atoms with Crippen LogP contribution in [0, 0.1) is 17.0 Å². The number of aromatic hydroxyl groups is 2. The van der Waals surface area contributed by atoms with E-state index in [1.807, 2.05) is 0 Å². The van der Waals surface area contributed by atoms with Gasteiger partial charge in [0.2, 0.25) is 0 Å². The van der Waals surface area contributed by atoms with Gasteiger partial charge in [-0.3, -0.25) is 10.1 Å². The third kappa shape index (κ3) is 3.25. The first-order valence-electron chi connectivity index (χ1n) is 6.08. The SMILES string of the molecule is Cc1cc(Br)c(NCc2cccc(O)c2O)cc1[N+](=O)[O-]. The summed E-state index contributed by atoms with van der Waals surface area (Å²) in [5.41, 5.74) is 1.60. The third-order valence-corrected chi connectivity index (χ3v) is 3.71. The molecule has 110 valence electrons. The van der Waals surface area contributed by atoms with Crippen LogP contribution >= 0.6 is 15.9 Å². The second-order valence-electron chi connectivity index (χ2n) is 4.51. The van der Waals surface area contributed by atoms with Gasteiger partial charge in [0.05, 0.1) is 10.6 Å². The van der Waals surface area contributed by atoms with E-state index in [2.05, 4.69) is 21.2 Å². The van der Waals surface area contributed by atoms with Gasteiger partial charge >= 0.3 is 0 Å². The molecule has 0 saturated carbocycles. The Labute approximate surface area is 129 Å². The highest BCUT2D eigenvalue weighted by molar-refractivity contribution is 9.10. The zero-order valence-corrected chi connectivity index (χ0v) is 12.7. The van der Waals surface area contributed by atoms with E-state index in [1.54, 1.807) is 25.1 Å². The van der Waals surface area contributed by atoms with Gasteiger partial charge in [-0.1, -0.05) is 12.1 Å². The highest BCUT2D eigenvalue weighted by atomic mass is 79.9. The topological polar surface area (TPSA) is 95.6 Å². The second kappa shape index (κ2) is 6.01. The summed E-state index contributed by atoms with van der Waals surface area (Å²) in [5.74, 6) is -0.411. The van der Waals surface area contributed by atoms with Crippen molar-refractivity contribution >= 4 is 27.3 Å². The van der Waals surface area contributed by atoms with E-state index in [-0.39, 0.29) is 23.7 Å². The minimum Gasteiger partial charge on any atom is -0.504 e. The second-order valence-corrected chi connectivity index (χ2v) is 5.37. The Morgan fingerprint density at radius 3 is 2.71 bits per heavy atom. The van der Waals surface area contributed by atoms with E-state index in [4.69, 9.17) is 0 Å². The summed E-state index contributed by atoms with van der Waals surface area (Å²) in [6, 6.07) is 7.73. The summed E-state index contributed by atoms with van der Waals surface area (Å²) in [4.78, 5) is 10.5. The van der Waals surface area contributed by atoms with Gasteiger partial charge in [-0.25, -0.2) is 0 Å². The lowest BCUT2D eigenvalue weighted by Crippen LogP contribution is -2.02. The molecule has 0 aromatic heterocycles. The largest absolute Gasteiger partial charge is 0.504 e. The van der Waals surface area contributed by atoms with Gasteiger partial charge in [0.15, 0.2) is 11.5 Å². The molecule has 0 aliphatic heterocycles. The Morgan fingerprint density at radius 1 is 1.33 bits per heavy atom. The molecule has 7 heteroatoms. The summed E-state index contributed by atoms with van der Waals surface area (Å²) < 4.78 is 0.685. The van der Waals surface area contributed by atoms with Gasteiger partial charge in [0.1, 0.15) is 0 Å². The maximum Gasteiger partial charge on any atom is 0.274 e. The molecular formula is C14H13BrN2O4. The van der Waals surface area contributed by atoms with Crippen LogP contribution in [0.3, 0.4) is 0 Å². The van der Waals surface area contributed by atoms with Crippen molar-refractivity contribution in [2.24, 2.45) is 0 Å². The Kier molecular flexibility index (Phi) is 4.32. The molecule has 0 bridgehead atoms. The van der Waals surface area contributed by atoms with Crippen molar-refractivity contribution in [1.82, 2.24) is 0 Å². The maximum atomic E-state index is 10.9. The zero-order valence-electron chi connectivity index (χ0n) is 11.1. The Bertz CT molecular complexity index is 704. The van der Waals surface area contributed by atoms with Crippen LogP contribution in [0.2, 0.25) is 0 Å². The van der Waals surface area contributed by atoms with E-state index in [0.29, 0.717) is 21.3 Å². The molecule has 0 radical (unpaired) electrons. The summed E-state index contributed by atoms with van der Waals surface area (Å²) in [6.45, 7) is 1.88. The van der Waals surface area contributed by atoms with Gasteiger partial charge in [-0.2, -0.15) is 0 Å². The number of phenolic OH excluding ortho intramolecular Hbond substituents is 2. The molecule has 21 heavy (non-hydrogen) atoms. The first kappa shape index (κ1) is 15.1. The molecule has 0 amide bonds.